The number of H-pyrrole nitrogens is 1. The summed E-state index contributed by atoms with van der Waals surface area (Å²) in [6, 6.07) is 10.2. The minimum Gasteiger partial charge on any atom is -0.451 e. The summed E-state index contributed by atoms with van der Waals surface area (Å²) in [5.41, 5.74) is 1.00. The SMILES string of the molecule is CN(C)S(=O)(=O)c1cc(C(=O)NC(Cc2ncn[nH]2)c2ccccc2)co1. The number of nitrogens with zero attached hydrogens (tertiary/aromatic N) is 3. The van der Waals surface area contributed by atoms with Gasteiger partial charge in [0.15, 0.2) is 0 Å². The first-order chi connectivity index (χ1) is 12.9. The Morgan fingerprint density at radius 1 is 1.30 bits per heavy atom. The van der Waals surface area contributed by atoms with E-state index in [4.69, 9.17) is 4.42 Å². The lowest BCUT2D eigenvalue weighted by Gasteiger charge is -2.17. The van der Waals surface area contributed by atoms with Crippen molar-refractivity contribution in [3.63, 3.8) is 0 Å². The molecule has 3 aromatic rings. The third kappa shape index (κ3) is 4.23. The first kappa shape index (κ1) is 18.8. The number of carbonyl (C=O) groups excluding carboxylic acids is 1. The van der Waals surface area contributed by atoms with Crippen molar-refractivity contribution in [3.05, 3.63) is 65.9 Å². The fraction of sp³-hybridized carbons (Fsp3) is 0.235. The summed E-state index contributed by atoms with van der Waals surface area (Å²) in [5, 5.41) is 9.19. The molecule has 0 fully saturated rings. The van der Waals surface area contributed by atoms with Crippen LogP contribution in [-0.2, 0) is 16.4 Å². The van der Waals surface area contributed by atoms with Gasteiger partial charge in [0.25, 0.3) is 15.9 Å². The van der Waals surface area contributed by atoms with Gasteiger partial charge in [-0.1, -0.05) is 30.3 Å². The van der Waals surface area contributed by atoms with E-state index in [2.05, 4.69) is 20.5 Å². The van der Waals surface area contributed by atoms with Crippen LogP contribution in [0.5, 0.6) is 0 Å². The Morgan fingerprint density at radius 3 is 2.67 bits per heavy atom. The minimum atomic E-state index is -3.75. The number of nitrogens with one attached hydrogen (secondary N) is 2. The topological polar surface area (TPSA) is 121 Å². The highest BCUT2D eigenvalue weighted by Crippen LogP contribution is 2.20. The van der Waals surface area contributed by atoms with E-state index in [1.807, 2.05) is 30.3 Å². The van der Waals surface area contributed by atoms with E-state index in [0.717, 1.165) is 16.1 Å². The smallest absolute Gasteiger partial charge is 0.275 e. The molecule has 0 aliphatic heterocycles. The number of aromatic amines is 1. The molecule has 2 N–H and O–H groups in total. The number of sulfonamides is 1. The summed E-state index contributed by atoms with van der Waals surface area (Å²) in [4.78, 5) is 16.7. The van der Waals surface area contributed by atoms with E-state index < -0.39 is 15.9 Å². The summed E-state index contributed by atoms with van der Waals surface area (Å²) in [7, 11) is -0.969. The van der Waals surface area contributed by atoms with E-state index >= 15 is 0 Å². The average molecular weight is 389 g/mol. The molecule has 142 valence electrons. The van der Waals surface area contributed by atoms with Gasteiger partial charge in [0.2, 0.25) is 5.09 Å². The van der Waals surface area contributed by atoms with Gasteiger partial charge in [0.1, 0.15) is 18.4 Å². The third-order valence-electron chi connectivity index (χ3n) is 3.94. The average Bonchev–Trinajstić information content (AvgIpc) is 3.34. The van der Waals surface area contributed by atoms with Crippen molar-refractivity contribution in [1.82, 2.24) is 24.8 Å². The maximum absolute atomic E-state index is 12.6. The van der Waals surface area contributed by atoms with Crippen LogP contribution in [0.15, 0.2) is 58.5 Å². The molecule has 1 atom stereocenters. The summed E-state index contributed by atoms with van der Waals surface area (Å²) < 4.78 is 30.3. The Bertz CT molecular complexity index is 997. The molecular weight excluding hydrogens is 370 g/mol. The highest BCUT2D eigenvalue weighted by Gasteiger charge is 2.25. The summed E-state index contributed by atoms with van der Waals surface area (Å²) in [5.74, 6) is 0.166. The van der Waals surface area contributed by atoms with Crippen LogP contribution in [0.3, 0.4) is 0 Å². The molecule has 2 heterocycles. The molecule has 27 heavy (non-hydrogen) atoms. The number of amides is 1. The van der Waals surface area contributed by atoms with Gasteiger partial charge in [-0.15, -0.1) is 0 Å². The molecule has 1 aromatic carbocycles. The zero-order valence-corrected chi connectivity index (χ0v) is 15.6. The molecule has 2 aromatic heterocycles. The van der Waals surface area contributed by atoms with Crippen molar-refractivity contribution >= 4 is 15.9 Å². The maximum Gasteiger partial charge on any atom is 0.275 e. The number of hydrogen-bond acceptors (Lipinski definition) is 6. The molecule has 10 heteroatoms. The van der Waals surface area contributed by atoms with E-state index in [1.54, 1.807) is 0 Å². The van der Waals surface area contributed by atoms with Crippen molar-refractivity contribution < 1.29 is 17.6 Å². The summed E-state index contributed by atoms with van der Waals surface area (Å²) in [6.07, 6.45) is 2.92. The first-order valence-electron chi connectivity index (χ1n) is 8.09. The molecule has 9 nitrogen and oxygen atoms in total. The predicted molar refractivity (Wildman–Crippen MR) is 96.3 cm³/mol. The van der Waals surface area contributed by atoms with Crippen molar-refractivity contribution in [1.29, 1.82) is 0 Å². The third-order valence-corrected chi connectivity index (χ3v) is 5.63. The molecule has 0 aliphatic carbocycles. The van der Waals surface area contributed by atoms with Gasteiger partial charge in [0, 0.05) is 26.6 Å². The fourth-order valence-corrected chi connectivity index (χ4v) is 3.26. The quantitative estimate of drug-likeness (QED) is 0.629. The van der Waals surface area contributed by atoms with Crippen molar-refractivity contribution in [2.75, 3.05) is 14.1 Å². The van der Waals surface area contributed by atoms with Gasteiger partial charge in [0.05, 0.1) is 11.6 Å². The Labute approximate surface area is 156 Å². The second-order valence-corrected chi connectivity index (χ2v) is 8.10. The van der Waals surface area contributed by atoms with E-state index in [9.17, 15) is 13.2 Å². The lowest BCUT2D eigenvalue weighted by atomic mass is 10.0. The van der Waals surface area contributed by atoms with E-state index in [0.29, 0.717) is 12.2 Å². The van der Waals surface area contributed by atoms with Crippen LogP contribution < -0.4 is 5.32 Å². The molecule has 0 saturated heterocycles. The first-order valence-corrected chi connectivity index (χ1v) is 9.53. The monoisotopic (exact) mass is 389 g/mol. The number of benzene rings is 1. The standard InChI is InChI=1S/C17H19N5O4S/c1-22(2)27(24,25)16-8-13(10-26-16)17(23)20-14(9-15-18-11-19-21-15)12-6-4-3-5-7-12/h3-8,10-11,14H,9H2,1-2H3,(H,20,23)(H,18,19,21). The molecule has 1 unspecified atom stereocenters. The maximum atomic E-state index is 12.6. The molecule has 1 amide bonds. The van der Waals surface area contributed by atoms with Crippen LogP contribution in [-0.4, -0.2) is 47.9 Å². The van der Waals surface area contributed by atoms with Gasteiger partial charge in [-0.3, -0.25) is 9.89 Å². The van der Waals surface area contributed by atoms with Crippen LogP contribution in [0.25, 0.3) is 0 Å². The number of furan rings is 1. The normalized spacial score (nSPS) is 12.9. The Kier molecular flexibility index (Phi) is 5.38. The highest BCUT2D eigenvalue weighted by molar-refractivity contribution is 7.88. The van der Waals surface area contributed by atoms with Gasteiger partial charge in [-0.05, 0) is 5.56 Å². The largest absolute Gasteiger partial charge is 0.451 e. The zero-order valence-electron chi connectivity index (χ0n) is 14.8. The number of rotatable bonds is 7. The van der Waals surface area contributed by atoms with E-state index in [1.165, 1.54) is 26.5 Å². The van der Waals surface area contributed by atoms with Gasteiger partial charge in [-0.2, -0.15) is 5.10 Å². The van der Waals surface area contributed by atoms with Gasteiger partial charge in [-0.25, -0.2) is 17.7 Å². The van der Waals surface area contributed by atoms with Crippen LogP contribution in [0.2, 0.25) is 0 Å². The highest BCUT2D eigenvalue weighted by atomic mass is 32.2. The van der Waals surface area contributed by atoms with E-state index in [-0.39, 0.29) is 16.7 Å². The van der Waals surface area contributed by atoms with Crippen LogP contribution in [0, 0.1) is 0 Å². The fourth-order valence-electron chi connectivity index (χ4n) is 2.45. The lowest BCUT2D eigenvalue weighted by molar-refractivity contribution is 0.0935. The lowest BCUT2D eigenvalue weighted by Crippen LogP contribution is -2.30. The Balaban J connectivity index is 1.82. The van der Waals surface area contributed by atoms with Gasteiger partial charge < -0.3 is 9.73 Å². The minimum absolute atomic E-state index is 0.119. The van der Waals surface area contributed by atoms with Crippen LogP contribution in [0.1, 0.15) is 27.8 Å². The van der Waals surface area contributed by atoms with Gasteiger partial charge >= 0.3 is 0 Å². The van der Waals surface area contributed by atoms with Crippen molar-refractivity contribution in [3.8, 4) is 0 Å². The van der Waals surface area contributed by atoms with Crippen molar-refractivity contribution in [2.45, 2.75) is 17.6 Å². The molecule has 0 saturated carbocycles. The molecule has 3 rings (SSSR count). The van der Waals surface area contributed by atoms with Crippen LogP contribution in [0.4, 0.5) is 0 Å². The molecule has 0 spiro atoms. The second-order valence-electron chi connectivity index (χ2n) is 6.01. The number of aromatic nitrogens is 3. The molecule has 0 aliphatic rings. The second kappa shape index (κ2) is 7.72. The zero-order chi connectivity index (χ0) is 19.4. The molecular formula is C17H19N5O4S. The Morgan fingerprint density at radius 2 is 2.04 bits per heavy atom. The van der Waals surface area contributed by atoms with Crippen molar-refractivity contribution in [2.24, 2.45) is 0 Å². The Hall–Kier alpha value is -2.98. The van der Waals surface area contributed by atoms with Crippen LogP contribution >= 0.6 is 0 Å². The summed E-state index contributed by atoms with van der Waals surface area (Å²) in [6.45, 7) is 0. The summed E-state index contributed by atoms with van der Waals surface area (Å²) >= 11 is 0. The number of hydrogen-bond donors (Lipinski definition) is 2. The predicted octanol–water partition coefficient (Wildman–Crippen LogP) is 1.36. The molecule has 0 bridgehead atoms. The number of carbonyl (C=O) groups is 1. The molecule has 0 radical (unpaired) electrons.